The fourth-order valence-electron chi connectivity index (χ4n) is 3.18. The molecule has 1 saturated heterocycles. The predicted octanol–water partition coefficient (Wildman–Crippen LogP) is 3.36. The van der Waals surface area contributed by atoms with Crippen LogP contribution in [-0.2, 0) is 9.59 Å². The van der Waals surface area contributed by atoms with Gasteiger partial charge < -0.3 is 16.0 Å². The van der Waals surface area contributed by atoms with E-state index in [0.29, 0.717) is 31.6 Å². The Balaban J connectivity index is 1.54. The fourth-order valence-corrected chi connectivity index (χ4v) is 3.36. The lowest BCUT2D eigenvalue weighted by atomic mass is 9.94. The van der Waals surface area contributed by atoms with Gasteiger partial charge in [-0.05, 0) is 36.6 Å². The molecule has 2 amide bonds. The van der Waals surface area contributed by atoms with Gasteiger partial charge in [-0.3, -0.25) is 9.59 Å². The molecule has 0 bridgehead atoms. The molecule has 2 aromatic rings. The van der Waals surface area contributed by atoms with Crippen molar-refractivity contribution in [3.8, 4) is 0 Å². The zero-order chi connectivity index (χ0) is 19.4. The van der Waals surface area contributed by atoms with Crippen LogP contribution in [0, 0.1) is 11.7 Å². The number of likely N-dealkylation sites (tertiary alicyclic amines) is 1. The number of benzene rings is 2. The topological polar surface area (TPSA) is 75.4 Å². The summed E-state index contributed by atoms with van der Waals surface area (Å²) in [4.78, 5) is 26.7. The van der Waals surface area contributed by atoms with Gasteiger partial charge in [-0.2, -0.15) is 0 Å². The molecule has 27 heavy (non-hydrogen) atoms. The lowest BCUT2D eigenvalue weighted by Gasteiger charge is -2.33. The molecular formula is C20H21ClFN3O2. The Labute approximate surface area is 162 Å². The second-order valence-corrected chi connectivity index (χ2v) is 7.01. The molecule has 0 radical (unpaired) electrons. The number of rotatable bonds is 4. The Kier molecular flexibility index (Phi) is 6.08. The molecule has 1 fully saturated rings. The molecule has 142 valence electrons. The van der Waals surface area contributed by atoms with Gasteiger partial charge in [0.1, 0.15) is 11.9 Å². The van der Waals surface area contributed by atoms with E-state index in [1.54, 1.807) is 4.90 Å². The van der Waals surface area contributed by atoms with E-state index in [1.807, 2.05) is 30.3 Å². The molecule has 0 aromatic heterocycles. The fraction of sp³-hybridized carbons (Fsp3) is 0.300. The summed E-state index contributed by atoms with van der Waals surface area (Å²) in [5.41, 5.74) is 7.31. The highest BCUT2D eigenvalue weighted by Crippen LogP contribution is 2.24. The summed E-state index contributed by atoms with van der Waals surface area (Å²) in [5.74, 6) is -1.04. The molecule has 0 aliphatic carbocycles. The molecule has 1 atom stereocenters. The van der Waals surface area contributed by atoms with Crippen molar-refractivity contribution in [2.45, 2.75) is 18.9 Å². The number of hydrogen-bond acceptors (Lipinski definition) is 3. The van der Waals surface area contributed by atoms with Crippen molar-refractivity contribution < 1.29 is 14.0 Å². The van der Waals surface area contributed by atoms with Gasteiger partial charge in [0, 0.05) is 24.7 Å². The van der Waals surface area contributed by atoms with E-state index >= 15 is 0 Å². The Morgan fingerprint density at radius 1 is 1.15 bits per heavy atom. The third kappa shape index (κ3) is 4.64. The average molecular weight is 390 g/mol. The van der Waals surface area contributed by atoms with Crippen LogP contribution in [0.5, 0.6) is 0 Å². The quantitative estimate of drug-likeness (QED) is 0.841. The third-order valence-electron chi connectivity index (χ3n) is 4.79. The predicted molar refractivity (Wildman–Crippen MR) is 103 cm³/mol. The van der Waals surface area contributed by atoms with E-state index in [1.165, 1.54) is 18.2 Å². The zero-order valence-electron chi connectivity index (χ0n) is 14.7. The van der Waals surface area contributed by atoms with Crippen LogP contribution in [0.1, 0.15) is 24.4 Å². The van der Waals surface area contributed by atoms with Crippen LogP contribution < -0.4 is 11.1 Å². The second kappa shape index (κ2) is 8.50. The summed E-state index contributed by atoms with van der Waals surface area (Å²) in [7, 11) is 0. The molecule has 3 rings (SSSR count). The molecule has 1 aliphatic rings. The lowest BCUT2D eigenvalue weighted by Crippen LogP contribution is -2.45. The Morgan fingerprint density at radius 2 is 1.81 bits per heavy atom. The normalized spacial score (nSPS) is 16.0. The maximum atomic E-state index is 13.2. The van der Waals surface area contributed by atoms with Gasteiger partial charge in [-0.25, -0.2) is 4.39 Å². The van der Waals surface area contributed by atoms with Crippen molar-refractivity contribution in [1.82, 2.24) is 4.90 Å². The van der Waals surface area contributed by atoms with E-state index in [9.17, 15) is 14.0 Å². The first-order valence-electron chi connectivity index (χ1n) is 8.81. The van der Waals surface area contributed by atoms with Crippen LogP contribution in [0.25, 0.3) is 0 Å². The molecular weight excluding hydrogens is 369 g/mol. The van der Waals surface area contributed by atoms with E-state index in [2.05, 4.69) is 5.32 Å². The van der Waals surface area contributed by atoms with Crippen LogP contribution >= 0.6 is 11.6 Å². The molecule has 1 unspecified atom stereocenters. The summed E-state index contributed by atoms with van der Waals surface area (Å²) < 4.78 is 13.2. The average Bonchev–Trinajstić information content (AvgIpc) is 2.70. The highest BCUT2D eigenvalue weighted by atomic mass is 35.5. The Bertz CT molecular complexity index is 823. The van der Waals surface area contributed by atoms with Gasteiger partial charge in [-0.15, -0.1) is 0 Å². The van der Waals surface area contributed by atoms with Gasteiger partial charge >= 0.3 is 0 Å². The molecule has 0 spiro atoms. The molecule has 3 N–H and O–H groups in total. The molecule has 1 heterocycles. The van der Waals surface area contributed by atoms with Gasteiger partial charge in [0.15, 0.2) is 0 Å². The second-order valence-electron chi connectivity index (χ2n) is 6.61. The minimum atomic E-state index is -0.696. The summed E-state index contributed by atoms with van der Waals surface area (Å²) >= 11 is 5.73. The van der Waals surface area contributed by atoms with Crippen LogP contribution in [-0.4, -0.2) is 29.8 Å². The van der Waals surface area contributed by atoms with Gasteiger partial charge in [-0.1, -0.05) is 41.9 Å². The maximum absolute atomic E-state index is 13.2. The van der Waals surface area contributed by atoms with E-state index in [-0.39, 0.29) is 22.8 Å². The van der Waals surface area contributed by atoms with Crippen molar-refractivity contribution in [3.05, 3.63) is 64.9 Å². The summed E-state index contributed by atoms with van der Waals surface area (Å²) in [5, 5.41) is 2.72. The summed E-state index contributed by atoms with van der Waals surface area (Å²) in [6, 6.07) is 12.6. The van der Waals surface area contributed by atoms with Crippen molar-refractivity contribution in [3.63, 3.8) is 0 Å². The van der Waals surface area contributed by atoms with Crippen molar-refractivity contribution >= 4 is 29.1 Å². The largest absolute Gasteiger partial charge is 0.341 e. The van der Waals surface area contributed by atoms with Crippen LogP contribution in [0.4, 0.5) is 10.1 Å². The highest BCUT2D eigenvalue weighted by Gasteiger charge is 2.30. The number of anilines is 1. The van der Waals surface area contributed by atoms with E-state index in [0.717, 1.165) is 5.56 Å². The first-order valence-corrected chi connectivity index (χ1v) is 9.18. The third-order valence-corrected chi connectivity index (χ3v) is 5.08. The summed E-state index contributed by atoms with van der Waals surface area (Å²) in [6.45, 7) is 0.948. The SMILES string of the molecule is NC(C(=O)N1CCC(C(=O)Nc2ccc(F)c(Cl)c2)CC1)c1ccccc1. The van der Waals surface area contributed by atoms with Gasteiger partial charge in [0.25, 0.3) is 0 Å². The Morgan fingerprint density at radius 3 is 2.44 bits per heavy atom. The highest BCUT2D eigenvalue weighted by molar-refractivity contribution is 6.31. The van der Waals surface area contributed by atoms with Crippen molar-refractivity contribution in [2.75, 3.05) is 18.4 Å². The number of halogens is 2. The molecule has 1 aliphatic heterocycles. The number of nitrogens with two attached hydrogens (primary N) is 1. The number of hydrogen-bond donors (Lipinski definition) is 2. The number of piperidine rings is 1. The van der Waals surface area contributed by atoms with Gasteiger partial charge in [0.2, 0.25) is 11.8 Å². The number of amides is 2. The Hall–Kier alpha value is -2.44. The van der Waals surface area contributed by atoms with E-state index in [4.69, 9.17) is 17.3 Å². The first-order chi connectivity index (χ1) is 13.0. The molecule has 2 aromatic carbocycles. The zero-order valence-corrected chi connectivity index (χ0v) is 15.5. The maximum Gasteiger partial charge on any atom is 0.244 e. The number of carbonyl (C=O) groups excluding carboxylic acids is 2. The minimum Gasteiger partial charge on any atom is -0.341 e. The first kappa shape index (κ1) is 19.3. The number of nitrogens with one attached hydrogen (secondary N) is 1. The van der Waals surface area contributed by atoms with Crippen molar-refractivity contribution in [1.29, 1.82) is 0 Å². The minimum absolute atomic E-state index is 0.0388. The number of nitrogens with zero attached hydrogens (tertiary/aromatic N) is 1. The van der Waals surface area contributed by atoms with E-state index < -0.39 is 11.9 Å². The van der Waals surface area contributed by atoms with Crippen LogP contribution in [0.2, 0.25) is 5.02 Å². The van der Waals surface area contributed by atoms with Gasteiger partial charge in [0.05, 0.1) is 5.02 Å². The van der Waals surface area contributed by atoms with Crippen LogP contribution in [0.15, 0.2) is 48.5 Å². The van der Waals surface area contributed by atoms with Crippen LogP contribution in [0.3, 0.4) is 0 Å². The smallest absolute Gasteiger partial charge is 0.244 e. The lowest BCUT2D eigenvalue weighted by molar-refractivity contribution is -0.135. The van der Waals surface area contributed by atoms with Crippen molar-refractivity contribution in [2.24, 2.45) is 11.7 Å². The molecule has 0 saturated carbocycles. The summed E-state index contributed by atoms with van der Waals surface area (Å²) in [6.07, 6.45) is 1.10. The monoisotopic (exact) mass is 389 g/mol. The molecule has 5 nitrogen and oxygen atoms in total. The molecule has 7 heteroatoms. The number of carbonyl (C=O) groups is 2. The standard InChI is InChI=1S/C20H21ClFN3O2/c21-16-12-15(6-7-17(16)22)24-19(26)14-8-10-25(11-9-14)20(27)18(23)13-4-2-1-3-5-13/h1-7,12,14,18H,8-11,23H2,(H,24,26).